The summed E-state index contributed by atoms with van der Waals surface area (Å²) in [6.07, 6.45) is 8.04. The maximum atomic E-state index is 5.83. The van der Waals surface area contributed by atoms with E-state index in [0.29, 0.717) is 17.5 Å². The Bertz CT molecular complexity index is 801. The lowest BCUT2D eigenvalue weighted by Gasteiger charge is -2.14. The van der Waals surface area contributed by atoms with Gasteiger partial charge in [0.25, 0.3) is 5.89 Å². The van der Waals surface area contributed by atoms with Crippen LogP contribution in [0.4, 0.5) is 0 Å². The Morgan fingerprint density at radius 2 is 2.04 bits per heavy atom. The smallest absolute Gasteiger partial charge is 0.267 e. The van der Waals surface area contributed by atoms with Gasteiger partial charge in [0.15, 0.2) is 0 Å². The van der Waals surface area contributed by atoms with Gasteiger partial charge in [-0.3, -0.25) is 14.9 Å². The van der Waals surface area contributed by atoms with Crippen molar-refractivity contribution in [3.05, 3.63) is 54.1 Å². The van der Waals surface area contributed by atoms with Gasteiger partial charge in [0.05, 0.1) is 17.8 Å². The average molecular weight is 322 g/mol. The second kappa shape index (κ2) is 6.45. The summed E-state index contributed by atoms with van der Waals surface area (Å²) in [4.78, 5) is 15.0. The van der Waals surface area contributed by atoms with Crippen LogP contribution >= 0.6 is 0 Å². The van der Waals surface area contributed by atoms with Crippen molar-refractivity contribution < 1.29 is 4.42 Å². The molecule has 1 saturated heterocycles. The summed E-state index contributed by atoms with van der Waals surface area (Å²) < 4.78 is 5.83. The topological polar surface area (TPSA) is 80.8 Å². The molecule has 0 N–H and O–H groups in total. The van der Waals surface area contributed by atoms with Gasteiger partial charge in [-0.25, -0.2) is 4.98 Å². The molecule has 1 fully saturated rings. The number of likely N-dealkylation sites (tertiary alicyclic amines) is 1. The van der Waals surface area contributed by atoms with Crippen molar-refractivity contribution in [1.82, 2.24) is 30.0 Å². The molecule has 122 valence electrons. The molecule has 0 aromatic carbocycles. The Labute approximate surface area is 139 Å². The zero-order valence-electron chi connectivity index (χ0n) is 13.5. The minimum Gasteiger partial charge on any atom is -0.419 e. The van der Waals surface area contributed by atoms with Crippen molar-refractivity contribution in [2.24, 2.45) is 0 Å². The molecule has 7 heteroatoms. The lowest BCUT2D eigenvalue weighted by molar-refractivity contribution is 0.320. The van der Waals surface area contributed by atoms with Crippen molar-refractivity contribution in [2.45, 2.75) is 25.8 Å². The summed E-state index contributed by atoms with van der Waals surface area (Å²) in [5.41, 5.74) is 2.75. The highest BCUT2D eigenvalue weighted by Gasteiger charge is 2.28. The minimum absolute atomic E-state index is 0.270. The van der Waals surface area contributed by atoms with Gasteiger partial charge in [-0.05, 0) is 37.6 Å². The van der Waals surface area contributed by atoms with Crippen molar-refractivity contribution in [3.8, 4) is 11.6 Å². The van der Waals surface area contributed by atoms with Gasteiger partial charge < -0.3 is 4.42 Å². The zero-order chi connectivity index (χ0) is 16.4. The first kappa shape index (κ1) is 14.9. The Hall–Kier alpha value is -2.67. The van der Waals surface area contributed by atoms with E-state index in [9.17, 15) is 0 Å². The summed E-state index contributed by atoms with van der Waals surface area (Å²) >= 11 is 0. The SMILES string of the molecule is Cc1cnc(-c2nnc([C@@H]3CCN(Cc4ccncc4)C3)o2)cn1. The van der Waals surface area contributed by atoms with Crippen molar-refractivity contribution in [1.29, 1.82) is 0 Å². The van der Waals surface area contributed by atoms with E-state index < -0.39 is 0 Å². The third-order valence-corrected chi connectivity index (χ3v) is 4.22. The maximum Gasteiger partial charge on any atom is 0.267 e. The molecule has 0 aliphatic carbocycles. The Morgan fingerprint density at radius 1 is 1.17 bits per heavy atom. The van der Waals surface area contributed by atoms with E-state index in [1.807, 2.05) is 31.5 Å². The van der Waals surface area contributed by atoms with Crippen molar-refractivity contribution in [2.75, 3.05) is 13.1 Å². The molecule has 4 heterocycles. The van der Waals surface area contributed by atoms with Crippen LogP contribution in [0.2, 0.25) is 0 Å². The zero-order valence-corrected chi connectivity index (χ0v) is 13.5. The first-order chi connectivity index (χ1) is 11.8. The first-order valence-electron chi connectivity index (χ1n) is 8.01. The van der Waals surface area contributed by atoms with Crippen molar-refractivity contribution in [3.63, 3.8) is 0 Å². The van der Waals surface area contributed by atoms with Crippen LogP contribution in [0, 0.1) is 6.92 Å². The minimum atomic E-state index is 0.270. The van der Waals surface area contributed by atoms with Crippen LogP contribution in [-0.4, -0.2) is 43.1 Å². The van der Waals surface area contributed by atoms with Crippen LogP contribution in [0.5, 0.6) is 0 Å². The lowest BCUT2D eigenvalue weighted by Crippen LogP contribution is -2.19. The van der Waals surface area contributed by atoms with Gasteiger partial charge in [-0.1, -0.05) is 0 Å². The fourth-order valence-electron chi connectivity index (χ4n) is 2.93. The summed E-state index contributed by atoms with van der Waals surface area (Å²) in [5, 5.41) is 8.34. The van der Waals surface area contributed by atoms with Gasteiger partial charge in [0, 0.05) is 31.7 Å². The molecule has 0 amide bonds. The Morgan fingerprint density at radius 3 is 2.83 bits per heavy atom. The van der Waals surface area contributed by atoms with E-state index in [1.165, 1.54) is 5.56 Å². The molecule has 0 radical (unpaired) electrons. The summed E-state index contributed by atoms with van der Waals surface area (Å²) in [5.74, 6) is 1.39. The highest BCUT2D eigenvalue weighted by molar-refractivity contribution is 5.43. The maximum absolute atomic E-state index is 5.83. The van der Waals surface area contributed by atoms with E-state index in [4.69, 9.17) is 4.42 Å². The number of nitrogens with zero attached hydrogens (tertiary/aromatic N) is 6. The largest absolute Gasteiger partial charge is 0.419 e. The standard InChI is InChI=1S/C17H18N6O/c1-12-8-20-15(9-19-12)17-22-21-16(24-17)14-4-7-23(11-14)10-13-2-5-18-6-3-13/h2-3,5-6,8-9,14H,4,7,10-11H2,1H3/t14-/m1/s1. The molecule has 0 spiro atoms. The average Bonchev–Trinajstić information content (AvgIpc) is 3.26. The van der Waals surface area contributed by atoms with Gasteiger partial charge in [-0.2, -0.15) is 0 Å². The third-order valence-electron chi connectivity index (χ3n) is 4.22. The van der Waals surface area contributed by atoms with E-state index in [-0.39, 0.29) is 5.92 Å². The molecule has 4 rings (SSSR count). The van der Waals surface area contributed by atoms with Gasteiger partial charge >= 0.3 is 0 Å². The molecule has 0 bridgehead atoms. The molecule has 3 aromatic rings. The van der Waals surface area contributed by atoms with Crippen LogP contribution in [0.25, 0.3) is 11.6 Å². The molecular formula is C17H18N6O. The van der Waals surface area contributed by atoms with Crippen LogP contribution in [0.3, 0.4) is 0 Å². The molecular weight excluding hydrogens is 304 g/mol. The van der Waals surface area contributed by atoms with E-state index >= 15 is 0 Å². The third kappa shape index (κ3) is 3.16. The second-order valence-corrected chi connectivity index (χ2v) is 6.06. The molecule has 1 aliphatic heterocycles. The van der Waals surface area contributed by atoms with Crippen LogP contribution < -0.4 is 0 Å². The monoisotopic (exact) mass is 322 g/mol. The van der Waals surface area contributed by atoms with Gasteiger partial charge in [-0.15, -0.1) is 10.2 Å². The molecule has 24 heavy (non-hydrogen) atoms. The number of pyridine rings is 1. The number of hydrogen-bond donors (Lipinski definition) is 0. The molecule has 3 aromatic heterocycles. The molecule has 7 nitrogen and oxygen atoms in total. The van der Waals surface area contributed by atoms with E-state index in [1.54, 1.807) is 12.4 Å². The van der Waals surface area contributed by atoms with E-state index in [2.05, 4.69) is 30.0 Å². The molecule has 1 aliphatic rings. The normalized spacial score (nSPS) is 18.1. The van der Waals surface area contributed by atoms with Crippen LogP contribution in [-0.2, 0) is 6.54 Å². The summed E-state index contributed by atoms with van der Waals surface area (Å²) in [6.45, 7) is 4.76. The predicted molar refractivity (Wildman–Crippen MR) is 86.9 cm³/mol. The molecule has 0 saturated carbocycles. The molecule has 1 atom stereocenters. The molecule has 0 unspecified atom stereocenters. The van der Waals surface area contributed by atoms with Gasteiger partial charge in [0.2, 0.25) is 5.89 Å². The Kier molecular flexibility index (Phi) is 4.00. The fraction of sp³-hybridized carbons (Fsp3) is 0.353. The first-order valence-corrected chi connectivity index (χ1v) is 8.01. The summed E-state index contributed by atoms with van der Waals surface area (Å²) in [6, 6.07) is 4.10. The second-order valence-electron chi connectivity index (χ2n) is 6.06. The number of rotatable bonds is 4. The van der Waals surface area contributed by atoms with Gasteiger partial charge in [0.1, 0.15) is 5.69 Å². The fourth-order valence-corrected chi connectivity index (χ4v) is 2.93. The van der Waals surface area contributed by atoms with Crippen molar-refractivity contribution >= 4 is 0 Å². The predicted octanol–water partition coefficient (Wildman–Crippen LogP) is 2.22. The number of hydrogen-bond acceptors (Lipinski definition) is 7. The highest BCUT2D eigenvalue weighted by atomic mass is 16.4. The van der Waals surface area contributed by atoms with E-state index in [0.717, 1.165) is 31.7 Å². The highest BCUT2D eigenvalue weighted by Crippen LogP contribution is 2.28. The Balaban J connectivity index is 1.43. The van der Waals surface area contributed by atoms with Crippen LogP contribution in [0.1, 0.15) is 29.5 Å². The quantitative estimate of drug-likeness (QED) is 0.728. The number of aryl methyl sites for hydroxylation is 1. The summed E-state index contributed by atoms with van der Waals surface area (Å²) in [7, 11) is 0. The number of aromatic nitrogens is 5. The lowest BCUT2D eigenvalue weighted by atomic mass is 10.1. The van der Waals surface area contributed by atoms with Crippen LogP contribution in [0.15, 0.2) is 41.3 Å².